The van der Waals surface area contributed by atoms with Crippen LogP contribution in [-0.2, 0) is 11.2 Å². The number of hydrogen-bond acceptors (Lipinski definition) is 3. The van der Waals surface area contributed by atoms with Gasteiger partial charge in [-0.1, -0.05) is 39.0 Å². The van der Waals surface area contributed by atoms with Gasteiger partial charge in [-0.3, -0.25) is 9.59 Å². The predicted octanol–water partition coefficient (Wildman–Crippen LogP) is 4.06. The van der Waals surface area contributed by atoms with E-state index >= 15 is 0 Å². The number of anilines is 2. The summed E-state index contributed by atoms with van der Waals surface area (Å²) in [7, 11) is 0. The average molecular weight is 365 g/mol. The van der Waals surface area contributed by atoms with Crippen LogP contribution in [0.2, 0.25) is 0 Å². The number of hydrogen-bond donors (Lipinski definition) is 3. The van der Waals surface area contributed by atoms with Crippen molar-refractivity contribution in [3.05, 3.63) is 59.2 Å². The standard InChI is InChI=1S/C22H27N3O2/c1-22(2,3)21(27)25-19-9-5-4-8-17(19)20(26)24-18-10-6-7-14-13-15(23)11-12-16(14)18/h4-5,8-9,11-13,18H,6-7,10,23H2,1-3H3,(H,24,26)(H,25,27). The minimum Gasteiger partial charge on any atom is -0.399 e. The molecule has 142 valence electrons. The molecule has 3 rings (SSSR count). The van der Waals surface area contributed by atoms with Crippen molar-refractivity contribution in [3.63, 3.8) is 0 Å². The van der Waals surface area contributed by atoms with Crippen molar-refractivity contribution in [2.45, 2.75) is 46.1 Å². The molecule has 2 aromatic rings. The van der Waals surface area contributed by atoms with Gasteiger partial charge in [-0.2, -0.15) is 0 Å². The highest BCUT2D eigenvalue weighted by atomic mass is 16.2. The number of benzene rings is 2. The average Bonchev–Trinajstić information content (AvgIpc) is 2.61. The highest BCUT2D eigenvalue weighted by molar-refractivity contribution is 6.04. The van der Waals surface area contributed by atoms with E-state index in [2.05, 4.69) is 10.6 Å². The van der Waals surface area contributed by atoms with Gasteiger partial charge in [0.15, 0.2) is 0 Å². The second-order valence-corrected chi connectivity index (χ2v) is 8.13. The second kappa shape index (κ2) is 7.43. The first-order valence-electron chi connectivity index (χ1n) is 9.35. The number of rotatable bonds is 3. The van der Waals surface area contributed by atoms with Crippen LogP contribution < -0.4 is 16.4 Å². The Morgan fingerprint density at radius 1 is 1.11 bits per heavy atom. The zero-order valence-corrected chi connectivity index (χ0v) is 16.1. The third-order valence-electron chi connectivity index (χ3n) is 4.89. The third kappa shape index (κ3) is 4.30. The van der Waals surface area contributed by atoms with E-state index in [1.165, 1.54) is 5.56 Å². The van der Waals surface area contributed by atoms with Crippen LogP contribution in [0.3, 0.4) is 0 Å². The van der Waals surface area contributed by atoms with Gasteiger partial charge in [0.25, 0.3) is 5.91 Å². The van der Waals surface area contributed by atoms with E-state index in [4.69, 9.17) is 5.73 Å². The van der Waals surface area contributed by atoms with Crippen LogP contribution in [0.25, 0.3) is 0 Å². The summed E-state index contributed by atoms with van der Waals surface area (Å²) in [5, 5.41) is 6.01. The quantitative estimate of drug-likeness (QED) is 0.717. The molecule has 1 unspecified atom stereocenters. The molecule has 0 spiro atoms. The molecule has 0 radical (unpaired) electrons. The fourth-order valence-electron chi connectivity index (χ4n) is 3.32. The SMILES string of the molecule is CC(C)(C)C(=O)Nc1ccccc1C(=O)NC1CCCc2cc(N)ccc21. The lowest BCUT2D eigenvalue weighted by Crippen LogP contribution is -2.33. The van der Waals surface area contributed by atoms with E-state index in [-0.39, 0.29) is 17.9 Å². The molecule has 0 bridgehead atoms. The number of nitrogens with two attached hydrogens (primary N) is 1. The fraction of sp³-hybridized carbons (Fsp3) is 0.364. The molecule has 1 aliphatic rings. The topological polar surface area (TPSA) is 84.2 Å². The van der Waals surface area contributed by atoms with Gasteiger partial charge in [0, 0.05) is 11.1 Å². The minimum atomic E-state index is -0.536. The monoisotopic (exact) mass is 365 g/mol. The van der Waals surface area contributed by atoms with E-state index < -0.39 is 5.41 Å². The van der Waals surface area contributed by atoms with Crippen molar-refractivity contribution in [1.29, 1.82) is 0 Å². The highest BCUT2D eigenvalue weighted by Crippen LogP contribution is 2.31. The lowest BCUT2D eigenvalue weighted by Gasteiger charge is -2.27. The highest BCUT2D eigenvalue weighted by Gasteiger charge is 2.25. The molecule has 1 atom stereocenters. The molecule has 0 fully saturated rings. The zero-order chi connectivity index (χ0) is 19.6. The molecule has 0 heterocycles. The molecule has 2 aromatic carbocycles. The predicted molar refractivity (Wildman–Crippen MR) is 109 cm³/mol. The van der Waals surface area contributed by atoms with E-state index in [0.717, 1.165) is 30.5 Å². The van der Waals surface area contributed by atoms with E-state index in [0.29, 0.717) is 11.3 Å². The maximum atomic E-state index is 13.0. The van der Waals surface area contributed by atoms with Gasteiger partial charge in [0.05, 0.1) is 17.3 Å². The Kier molecular flexibility index (Phi) is 5.22. The molecular formula is C22H27N3O2. The molecule has 5 nitrogen and oxygen atoms in total. The lowest BCUT2D eigenvalue weighted by molar-refractivity contribution is -0.123. The van der Waals surface area contributed by atoms with Gasteiger partial charge >= 0.3 is 0 Å². The first-order valence-corrected chi connectivity index (χ1v) is 9.35. The summed E-state index contributed by atoms with van der Waals surface area (Å²) in [6.07, 6.45) is 2.87. The van der Waals surface area contributed by atoms with E-state index in [1.54, 1.807) is 18.2 Å². The van der Waals surface area contributed by atoms with Gasteiger partial charge in [-0.25, -0.2) is 0 Å². The fourth-order valence-corrected chi connectivity index (χ4v) is 3.32. The van der Waals surface area contributed by atoms with Crippen molar-refractivity contribution in [3.8, 4) is 0 Å². The molecule has 27 heavy (non-hydrogen) atoms. The van der Waals surface area contributed by atoms with Crippen LogP contribution in [0, 0.1) is 5.41 Å². The van der Waals surface area contributed by atoms with Crippen LogP contribution in [0.4, 0.5) is 11.4 Å². The first kappa shape index (κ1) is 19.0. The summed E-state index contributed by atoms with van der Waals surface area (Å²) in [4.78, 5) is 25.3. The van der Waals surface area contributed by atoms with E-state index in [9.17, 15) is 9.59 Å². The number of amides is 2. The maximum Gasteiger partial charge on any atom is 0.253 e. The van der Waals surface area contributed by atoms with Crippen molar-refractivity contribution in [2.24, 2.45) is 5.41 Å². The molecular weight excluding hydrogens is 338 g/mol. The summed E-state index contributed by atoms with van der Waals surface area (Å²) >= 11 is 0. The number of nitrogen functional groups attached to an aromatic ring is 1. The number of fused-ring (bicyclic) bond motifs is 1. The third-order valence-corrected chi connectivity index (χ3v) is 4.89. The summed E-state index contributed by atoms with van der Waals surface area (Å²) in [6.45, 7) is 5.53. The zero-order valence-electron chi connectivity index (χ0n) is 16.1. The Balaban J connectivity index is 1.81. The Bertz CT molecular complexity index is 868. The van der Waals surface area contributed by atoms with Crippen molar-refractivity contribution in [1.82, 2.24) is 5.32 Å². The maximum absolute atomic E-state index is 13.0. The van der Waals surface area contributed by atoms with Gasteiger partial charge < -0.3 is 16.4 Å². The van der Waals surface area contributed by atoms with Gasteiger partial charge in [0.2, 0.25) is 5.91 Å². The van der Waals surface area contributed by atoms with E-state index in [1.807, 2.05) is 45.0 Å². The lowest BCUT2D eigenvalue weighted by atomic mass is 9.87. The molecule has 0 aliphatic heterocycles. The van der Waals surface area contributed by atoms with Gasteiger partial charge in [0.1, 0.15) is 0 Å². The molecule has 0 saturated carbocycles. The van der Waals surface area contributed by atoms with Crippen molar-refractivity contribution >= 4 is 23.2 Å². The first-order chi connectivity index (χ1) is 12.8. The summed E-state index contributed by atoms with van der Waals surface area (Å²) in [5.74, 6) is -0.310. The molecule has 1 aliphatic carbocycles. The number of aryl methyl sites for hydroxylation is 1. The van der Waals surface area contributed by atoms with Crippen molar-refractivity contribution in [2.75, 3.05) is 11.1 Å². The smallest absolute Gasteiger partial charge is 0.253 e. The Morgan fingerprint density at radius 2 is 1.85 bits per heavy atom. The van der Waals surface area contributed by atoms with Crippen LogP contribution in [0.1, 0.15) is 61.1 Å². The Morgan fingerprint density at radius 3 is 2.59 bits per heavy atom. The number of para-hydroxylation sites is 1. The summed E-state index contributed by atoms with van der Waals surface area (Å²) in [6, 6.07) is 12.9. The minimum absolute atomic E-state index is 0.0479. The molecule has 2 amide bonds. The van der Waals surface area contributed by atoms with Gasteiger partial charge in [-0.05, 0) is 54.7 Å². The van der Waals surface area contributed by atoms with Crippen LogP contribution in [0.5, 0.6) is 0 Å². The van der Waals surface area contributed by atoms with Crippen LogP contribution in [0.15, 0.2) is 42.5 Å². The summed E-state index contributed by atoms with van der Waals surface area (Å²) < 4.78 is 0. The molecule has 5 heteroatoms. The molecule has 4 N–H and O–H groups in total. The van der Waals surface area contributed by atoms with Crippen LogP contribution in [-0.4, -0.2) is 11.8 Å². The normalized spacial score (nSPS) is 16.3. The number of nitrogens with one attached hydrogen (secondary N) is 2. The Hall–Kier alpha value is -2.82. The second-order valence-electron chi connectivity index (χ2n) is 8.13. The Labute approximate surface area is 160 Å². The number of carbonyl (C=O) groups is 2. The van der Waals surface area contributed by atoms with Crippen LogP contribution >= 0.6 is 0 Å². The summed E-state index contributed by atoms with van der Waals surface area (Å²) in [5.41, 5.74) is 9.42. The number of carbonyl (C=O) groups excluding carboxylic acids is 2. The van der Waals surface area contributed by atoms with Crippen molar-refractivity contribution < 1.29 is 9.59 Å². The van der Waals surface area contributed by atoms with Gasteiger partial charge in [-0.15, -0.1) is 0 Å². The molecule has 0 saturated heterocycles. The largest absolute Gasteiger partial charge is 0.399 e. The molecule has 0 aromatic heterocycles.